The smallest absolute Gasteiger partial charge is 0.410 e. The number of carbonyl (C=O) groups is 2. The van der Waals surface area contributed by atoms with Crippen molar-refractivity contribution in [2.45, 2.75) is 32.3 Å². The molecule has 1 aromatic rings. The van der Waals surface area contributed by atoms with Crippen molar-refractivity contribution < 1.29 is 14.3 Å². The Labute approximate surface area is 118 Å². The van der Waals surface area contributed by atoms with Gasteiger partial charge in [0.1, 0.15) is 5.60 Å². The van der Waals surface area contributed by atoms with Crippen LogP contribution in [-0.4, -0.2) is 35.5 Å². The Morgan fingerprint density at radius 1 is 1.20 bits per heavy atom. The Morgan fingerprint density at radius 2 is 1.85 bits per heavy atom. The van der Waals surface area contributed by atoms with Crippen LogP contribution in [0.5, 0.6) is 0 Å². The minimum absolute atomic E-state index is 0.0973. The van der Waals surface area contributed by atoms with Crippen molar-refractivity contribution in [2.24, 2.45) is 5.92 Å². The second kappa shape index (κ2) is 4.33. The molecular weight excluding hydrogens is 254 g/mol. The average Bonchev–Trinajstić information content (AvgIpc) is 2.89. The number of hydrogen-bond acceptors (Lipinski definition) is 3. The molecule has 0 saturated carbocycles. The number of hydrogen-bond donors (Lipinski definition) is 0. The Morgan fingerprint density at radius 3 is 2.55 bits per heavy atom. The highest BCUT2D eigenvalue weighted by Gasteiger charge is 2.47. The fourth-order valence-electron chi connectivity index (χ4n) is 3.10. The maximum Gasteiger partial charge on any atom is 0.410 e. The van der Waals surface area contributed by atoms with E-state index in [0.29, 0.717) is 13.1 Å². The number of rotatable bonds is 0. The molecule has 0 spiro atoms. The second-order valence-electron chi connectivity index (χ2n) is 6.55. The highest BCUT2D eigenvalue weighted by molar-refractivity contribution is 6.04. The molecule has 1 heterocycles. The molecular formula is C16H19NO3. The van der Waals surface area contributed by atoms with Crippen LogP contribution >= 0.6 is 0 Å². The summed E-state index contributed by atoms with van der Waals surface area (Å²) in [6, 6.07) is 7.72. The van der Waals surface area contributed by atoms with Crippen molar-refractivity contribution in [3.05, 3.63) is 35.4 Å². The summed E-state index contributed by atoms with van der Waals surface area (Å²) >= 11 is 0. The van der Waals surface area contributed by atoms with Gasteiger partial charge in [-0.2, -0.15) is 0 Å². The highest BCUT2D eigenvalue weighted by atomic mass is 16.6. The number of fused-ring (bicyclic) bond motifs is 3. The summed E-state index contributed by atoms with van der Waals surface area (Å²) in [7, 11) is 0. The summed E-state index contributed by atoms with van der Waals surface area (Å²) in [6.45, 7) is 6.59. The standard InChI is InChI=1S/C16H19NO3/c1-16(2,3)20-15(19)17-8-12-10-6-4-5-7-11(10)14(18)13(12)9-17/h4-7,12-13H,8-9H2,1-3H3. The van der Waals surface area contributed by atoms with Gasteiger partial charge in [0.2, 0.25) is 0 Å². The third-order valence-corrected chi connectivity index (χ3v) is 3.93. The summed E-state index contributed by atoms with van der Waals surface area (Å²) in [6.07, 6.45) is -0.322. The molecule has 1 aliphatic heterocycles. The molecule has 1 fully saturated rings. The van der Waals surface area contributed by atoms with Crippen LogP contribution in [0.15, 0.2) is 24.3 Å². The maximum absolute atomic E-state index is 12.4. The van der Waals surface area contributed by atoms with Crippen LogP contribution in [0.25, 0.3) is 0 Å². The van der Waals surface area contributed by atoms with Crippen LogP contribution < -0.4 is 0 Å². The predicted octanol–water partition coefficient (Wildman–Crippen LogP) is 2.83. The van der Waals surface area contributed by atoms with Crippen molar-refractivity contribution in [1.29, 1.82) is 0 Å². The van der Waals surface area contributed by atoms with E-state index in [9.17, 15) is 9.59 Å². The first-order valence-corrected chi connectivity index (χ1v) is 6.98. The number of nitrogens with zero attached hydrogens (tertiary/aromatic N) is 1. The van der Waals surface area contributed by atoms with Crippen LogP contribution in [-0.2, 0) is 4.74 Å². The molecule has 1 aromatic carbocycles. The van der Waals surface area contributed by atoms with Crippen LogP contribution in [0, 0.1) is 5.92 Å². The van der Waals surface area contributed by atoms with E-state index in [-0.39, 0.29) is 23.7 Å². The van der Waals surface area contributed by atoms with Gasteiger partial charge >= 0.3 is 6.09 Å². The highest BCUT2D eigenvalue weighted by Crippen LogP contribution is 2.42. The van der Waals surface area contributed by atoms with E-state index in [1.165, 1.54) is 0 Å². The van der Waals surface area contributed by atoms with Crippen LogP contribution in [0.1, 0.15) is 42.6 Å². The quantitative estimate of drug-likeness (QED) is 0.730. The van der Waals surface area contributed by atoms with E-state index in [4.69, 9.17) is 4.74 Å². The van der Waals surface area contributed by atoms with Gasteiger partial charge < -0.3 is 9.64 Å². The maximum atomic E-state index is 12.4. The lowest BCUT2D eigenvalue weighted by molar-refractivity contribution is 0.0287. The van der Waals surface area contributed by atoms with Crippen LogP contribution in [0.2, 0.25) is 0 Å². The van der Waals surface area contributed by atoms with Gasteiger partial charge in [-0.1, -0.05) is 24.3 Å². The Bertz CT molecular complexity index is 573. The Balaban J connectivity index is 1.79. The Hall–Kier alpha value is -1.84. The number of carbonyl (C=O) groups excluding carboxylic acids is 2. The lowest BCUT2D eigenvalue weighted by Gasteiger charge is -2.24. The fourth-order valence-corrected chi connectivity index (χ4v) is 3.10. The molecule has 20 heavy (non-hydrogen) atoms. The van der Waals surface area contributed by atoms with Gasteiger partial charge in [-0.3, -0.25) is 4.79 Å². The number of Topliss-reactive ketones (excluding diaryl/α,β-unsaturated/α-hetero) is 1. The normalized spacial score (nSPS) is 24.6. The van der Waals surface area contributed by atoms with E-state index in [1.54, 1.807) is 4.90 Å². The predicted molar refractivity (Wildman–Crippen MR) is 74.8 cm³/mol. The molecule has 106 valence electrons. The molecule has 2 unspecified atom stereocenters. The minimum Gasteiger partial charge on any atom is -0.444 e. The van der Waals surface area contributed by atoms with Gasteiger partial charge in [0, 0.05) is 30.5 Å². The fraction of sp³-hybridized carbons (Fsp3) is 0.500. The summed E-state index contributed by atoms with van der Waals surface area (Å²) in [4.78, 5) is 26.1. The second-order valence-corrected chi connectivity index (χ2v) is 6.55. The van der Waals surface area contributed by atoms with Crippen molar-refractivity contribution in [1.82, 2.24) is 4.90 Å². The zero-order chi connectivity index (χ0) is 14.5. The number of ketones is 1. The van der Waals surface area contributed by atoms with Crippen molar-refractivity contribution in [2.75, 3.05) is 13.1 Å². The molecule has 1 amide bonds. The molecule has 4 nitrogen and oxygen atoms in total. The van der Waals surface area contributed by atoms with Gasteiger partial charge in [0.05, 0.1) is 0 Å². The third kappa shape index (κ3) is 2.09. The molecule has 1 aliphatic carbocycles. The van der Waals surface area contributed by atoms with E-state index in [0.717, 1.165) is 11.1 Å². The molecule has 0 radical (unpaired) electrons. The molecule has 1 saturated heterocycles. The zero-order valence-corrected chi connectivity index (χ0v) is 12.1. The largest absolute Gasteiger partial charge is 0.444 e. The van der Waals surface area contributed by atoms with Crippen molar-refractivity contribution in [3.8, 4) is 0 Å². The topological polar surface area (TPSA) is 46.6 Å². The van der Waals surface area contributed by atoms with E-state index in [1.807, 2.05) is 45.0 Å². The van der Waals surface area contributed by atoms with Crippen molar-refractivity contribution in [3.63, 3.8) is 0 Å². The number of ether oxygens (including phenoxy) is 1. The monoisotopic (exact) mass is 273 g/mol. The molecule has 2 atom stereocenters. The van der Waals surface area contributed by atoms with Crippen LogP contribution in [0.3, 0.4) is 0 Å². The van der Waals surface area contributed by atoms with Gasteiger partial charge in [-0.05, 0) is 26.3 Å². The molecule has 0 N–H and O–H groups in total. The molecule has 3 rings (SSSR count). The SMILES string of the molecule is CC(C)(C)OC(=O)N1CC2C(=O)c3ccccc3C2C1. The summed E-state index contributed by atoms with van der Waals surface area (Å²) in [5, 5.41) is 0. The van der Waals surface area contributed by atoms with E-state index >= 15 is 0 Å². The molecule has 0 aromatic heterocycles. The number of likely N-dealkylation sites (tertiary alicyclic amines) is 1. The number of amides is 1. The van der Waals surface area contributed by atoms with Gasteiger partial charge in [-0.15, -0.1) is 0 Å². The first-order valence-electron chi connectivity index (χ1n) is 6.98. The summed E-state index contributed by atoms with van der Waals surface area (Å²) in [5.41, 5.74) is 1.40. The lowest BCUT2D eigenvalue weighted by Crippen LogP contribution is -2.36. The Kier molecular flexibility index (Phi) is 2.85. The van der Waals surface area contributed by atoms with Crippen molar-refractivity contribution >= 4 is 11.9 Å². The van der Waals surface area contributed by atoms with Gasteiger partial charge in [0.15, 0.2) is 5.78 Å². The first kappa shape index (κ1) is 13.2. The zero-order valence-electron chi connectivity index (χ0n) is 12.1. The van der Waals surface area contributed by atoms with E-state index in [2.05, 4.69) is 0 Å². The summed E-state index contributed by atoms with van der Waals surface area (Å²) < 4.78 is 5.39. The van der Waals surface area contributed by atoms with Gasteiger partial charge in [-0.25, -0.2) is 4.79 Å². The van der Waals surface area contributed by atoms with Gasteiger partial charge in [0.25, 0.3) is 0 Å². The molecule has 0 bridgehead atoms. The third-order valence-electron chi connectivity index (χ3n) is 3.93. The molecule has 2 aliphatic rings. The molecule has 4 heteroatoms. The number of benzene rings is 1. The van der Waals surface area contributed by atoms with E-state index < -0.39 is 5.60 Å². The lowest BCUT2D eigenvalue weighted by atomic mass is 9.96. The summed E-state index contributed by atoms with van der Waals surface area (Å²) in [5.74, 6) is 0.197. The average molecular weight is 273 g/mol. The minimum atomic E-state index is -0.503. The van der Waals surface area contributed by atoms with Crippen LogP contribution in [0.4, 0.5) is 4.79 Å². The first-order chi connectivity index (χ1) is 9.37.